The first-order valence-electron chi connectivity index (χ1n) is 13.4. The molecule has 5 N–H and O–H groups in total. The number of phenolic OH excluding ortho intramolecular Hbond substituents is 1. The van der Waals surface area contributed by atoms with E-state index in [-0.39, 0.29) is 47.4 Å². The number of phenols is 1. The van der Waals surface area contributed by atoms with Crippen LogP contribution in [-0.2, 0) is 25.5 Å². The Bertz CT molecular complexity index is 1350. The maximum Gasteiger partial charge on any atom is 0.255 e. The fourth-order valence-corrected chi connectivity index (χ4v) is 4.92. The Morgan fingerprint density at radius 3 is 2.46 bits per heavy atom. The summed E-state index contributed by atoms with van der Waals surface area (Å²) in [5.74, 6) is -4.46. The van der Waals surface area contributed by atoms with Crippen LogP contribution in [0.1, 0.15) is 53.4 Å². The molecule has 2 saturated heterocycles. The molecule has 2 aliphatic rings. The lowest BCUT2D eigenvalue weighted by molar-refractivity contribution is -0.141. The molecule has 2 aliphatic heterocycles. The van der Waals surface area contributed by atoms with E-state index in [4.69, 9.17) is 4.74 Å². The van der Waals surface area contributed by atoms with Gasteiger partial charge in [0, 0.05) is 24.6 Å². The Kier molecular flexibility index (Phi) is 9.16. The summed E-state index contributed by atoms with van der Waals surface area (Å²) in [5, 5.41) is 20.8. The second-order valence-electron chi connectivity index (χ2n) is 10.4. The number of hydrogen-bond donors (Lipinski definition) is 5. The van der Waals surface area contributed by atoms with Crippen molar-refractivity contribution >= 4 is 23.6 Å². The number of para-hydroxylation sites is 1. The lowest BCUT2D eigenvalue weighted by Gasteiger charge is -2.36. The summed E-state index contributed by atoms with van der Waals surface area (Å²) < 4.78 is 34.8. The van der Waals surface area contributed by atoms with Crippen molar-refractivity contribution in [2.45, 2.75) is 76.7 Å². The first-order valence-corrected chi connectivity index (χ1v) is 13.4. The van der Waals surface area contributed by atoms with Gasteiger partial charge in [-0.25, -0.2) is 9.37 Å². The average molecular weight is 574 g/mol. The van der Waals surface area contributed by atoms with E-state index in [1.807, 2.05) is 0 Å². The fourth-order valence-electron chi connectivity index (χ4n) is 4.92. The van der Waals surface area contributed by atoms with E-state index in [1.54, 1.807) is 0 Å². The largest absolute Gasteiger partial charge is 0.507 e. The van der Waals surface area contributed by atoms with Gasteiger partial charge in [-0.1, -0.05) is 12.1 Å². The number of carbonyl (C=O) groups is 4. The summed E-state index contributed by atoms with van der Waals surface area (Å²) in [5.41, 5.74) is -0.213. The molecular weight excluding hydrogens is 540 g/mol. The molecule has 2 unspecified atom stereocenters. The normalized spacial score (nSPS) is 25.5. The van der Waals surface area contributed by atoms with Crippen LogP contribution in [0.5, 0.6) is 5.75 Å². The van der Waals surface area contributed by atoms with Gasteiger partial charge in [0.25, 0.3) is 5.91 Å². The van der Waals surface area contributed by atoms with Crippen LogP contribution in [-0.4, -0.2) is 70.6 Å². The van der Waals surface area contributed by atoms with Gasteiger partial charge in [0.05, 0.1) is 23.4 Å². The Morgan fingerprint density at radius 2 is 1.80 bits per heavy atom. The summed E-state index contributed by atoms with van der Waals surface area (Å²) in [6.45, 7) is 4.67. The number of aromatic nitrogens is 1. The van der Waals surface area contributed by atoms with E-state index in [0.29, 0.717) is 13.0 Å². The molecule has 3 heterocycles. The molecule has 220 valence electrons. The number of nitrogens with zero attached hydrogens (tertiary/aromatic N) is 1. The lowest BCUT2D eigenvalue weighted by Crippen LogP contribution is -2.64. The first kappa shape index (κ1) is 29.8. The average Bonchev–Trinajstić information content (AvgIpc) is 2.89. The molecule has 0 aliphatic carbocycles. The number of hydrogen-bond acceptors (Lipinski definition) is 7. The molecule has 1 aromatic heterocycles. The number of nitrogens with one attached hydrogen (secondary N) is 4. The minimum Gasteiger partial charge on any atom is -0.507 e. The van der Waals surface area contributed by atoms with Gasteiger partial charge in [0.2, 0.25) is 23.7 Å². The number of halogens is 2. The van der Waals surface area contributed by atoms with Crippen molar-refractivity contribution in [3.05, 3.63) is 58.4 Å². The van der Waals surface area contributed by atoms with Gasteiger partial charge in [0.1, 0.15) is 23.7 Å². The zero-order chi connectivity index (χ0) is 29.8. The Balaban J connectivity index is 1.66. The van der Waals surface area contributed by atoms with E-state index < -0.39 is 65.7 Å². The predicted octanol–water partition coefficient (Wildman–Crippen LogP) is 1.08. The molecule has 1 aromatic carbocycles. The van der Waals surface area contributed by atoms with Crippen LogP contribution in [0.3, 0.4) is 0 Å². The number of aromatic hydroxyl groups is 1. The van der Waals surface area contributed by atoms with Crippen molar-refractivity contribution in [1.82, 2.24) is 26.3 Å². The molecule has 0 spiro atoms. The third-order valence-electron chi connectivity index (χ3n) is 7.42. The highest BCUT2D eigenvalue weighted by Gasteiger charge is 2.38. The molecule has 2 fully saturated rings. The maximum atomic E-state index is 14.8. The molecule has 0 saturated carbocycles. The standard InChI is InChI=1S/C28H33F2N5O6/c1-13-18(25(30)31-14(2)22(13)29)12-16-8-9-21(37)34-24(20-10-11-41-20)28(40)32-15(3)23(27(39)33-16)35-26(38)17-6-4-5-7-19(17)36/h4-7,15-16,20,23-24,36H,8-12H2,1-3H3,(H,32,40)(H,33,39)(H,34,37)(H,35,38)/t15-,16-,20?,23+,24?/m1/s1. The molecular formula is C28H33F2N5O6. The molecule has 4 amide bonds. The summed E-state index contributed by atoms with van der Waals surface area (Å²) in [7, 11) is 0. The Labute approximate surface area is 235 Å². The van der Waals surface area contributed by atoms with Crippen molar-refractivity contribution in [3.8, 4) is 5.75 Å². The number of pyridine rings is 1. The van der Waals surface area contributed by atoms with Crippen molar-refractivity contribution in [3.63, 3.8) is 0 Å². The summed E-state index contributed by atoms with van der Waals surface area (Å²) in [4.78, 5) is 56.2. The highest BCUT2D eigenvalue weighted by atomic mass is 19.1. The third kappa shape index (κ3) is 6.79. The SMILES string of the molecule is Cc1nc(F)c(C[C@H]2CCC(=O)NC(C3CCO3)C(=O)N[C@H](C)[C@H](NC(=O)c3ccccc3O)C(=O)N2)c(C)c1F. The Morgan fingerprint density at radius 1 is 1.10 bits per heavy atom. The quantitative estimate of drug-likeness (QED) is 0.335. The van der Waals surface area contributed by atoms with Crippen LogP contribution in [0.15, 0.2) is 24.3 Å². The lowest BCUT2D eigenvalue weighted by atomic mass is 9.96. The van der Waals surface area contributed by atoms with E-state index in [2.05, 4.69) is 26.3 Å². The maximum absolute atomic E-state index is 14.8. The first-order chi connectivity index (χ1) is 19.5. The topological polar surface area (TPSA) is 159 Å². The van der Waals surface area contributed by atoms with Crippen LogP contribution in [0, 0.1) is 25.6 Å². The highest BCUT2D eigenvalue weighted by molar-refractivity contribution is 6.00. The van der Waals surface area contributed by atoms with Crippen molar-refractivity contribution in [2.24, 2.45) is 0 Å². The predicted molar refractivity (Wildman–Crippen MR) is 142 cm³/mol. The van der Waals surface area contributed by atoms with Crippen LogP contribution in [0.25, 0.3) is 0 Å². The van der Waals surface area contributed by atoms with Crippen molar-refractivity contribution in [1.29, 1.82) is 0 Å². The summed E-state index contributed by atoms with van der Waals surface area (Å²) >= 11 is 0. The molecule has 5 atom stereocenters. The van der Waals surface area contributed by atoms with Gasteiger partial charge in [0.15, 0.2) is 0 Å². The zero-order valence-corrected chi connectivity index (χ0v) is 22.9. The van der Waals surface area contributed by atoms with Crippen LogP contribution >= 0.6 is 0 Å². The number of ether oxygens (including phenoxy) is 1. The second kappa shape index (κ2) is 12.6. The van der Waals surface area contributed by atoms with E-state index in [9.17, 15) is 33.1 Å². The number of amides is 4. The zero-order valence-electron chi connectivity index (χ0n) is 22.9. The number of carbonyl (C=O) groups excluding carboxylic acids is 4. The van der Waals surface area contributed by atoms with Crippen LogP contribution in [0.4, 0.5) is 8.78 Å². The summed E-state index contributed by atoms with van der Waals surface area (Å²) in [6.07, 6.45) is -0.342. The number of rotatable bonds is 5. The van der Waals surface area contributed by atoms with E-state index in [0.717, 1.165) is 0 Å². The molecule has 11 nitrogen and oxygen atoms in total. The Hall–Kier alpha value is -4.13. The van der Waals surface area contributed by atoms with Gasteiger partial charge in [-0.3, -0.25) is 19.2 Å². The summed E-state index contributed by atoms with van der Waals surface area (Å²) in [6, 6.07) is 1.51. The fraction of sp³-hybridized carbons (Fsp3) is 0.464. The molecule has 13 heteroatoms. The molecule has 0 radical (unpaired) electrons. The van der Waals surface area contributed by atoms with Gasteiger partial charge in [-0.15, -0.1) is 0 Å². The van der Waals surface area contributed by atoms with Crippen molar-refractivity contribution < 1.29 is 37.8 Å². The minimum absolute atomic E-state index is 0.0142. The van der Waals surface area contributed by atoms with Crippen LogP contribution in [0.2, 0.25) is 0 Å². The highest BCUT2D eigenvalue weighted by Crippen LogP contribution is 2.22. The second-order valence-corrected chi connectivity index (χ2v) is 10.4. The smallest absolute Gasteiger partial charge is 0.255 e. The van der Waals surface area contributed by atoms with Gasteiger partial charge >= 0.3 is 0 Å². The van der Waals surface area contributed by atoms with Crippen LogP contribution < -0.4 is 21.3 Å². The molecule has 2 aromatic rings. The van der Waals surface area contributed by atoms with Crippen molar-refractivity contribution in [2.75, 3.05) is 6.61 Å². The van der Waals surface area contributed by atoms with Gasteiger partial charge in [-0.05, 0) is 57.7 Å². The number of aryl methyl sites for hydroxylation is 1. The van der Waals surface area contributed by atoms with Gasteiger partial charge < -0.3 is 31.1 Å². The monoisotopic (exact) mass is 573 g/mol. The minimum atomic E-state index is -1.34. The number of benzene rings is 1. The van der Waals surface area contributed by atoms with Gasteiger partial charge in [-0.2, -0.15) is 4.39 Å². The molecule has 4 rings (SSSR count). The molecule has 41 heavy (non-hydrogen) atoms. The third-order valence-corrected chi connectivity index (χ3v) is 7.42. The van der Waals surface area contributed by atoms with E-state index in [1.165, 1.54) is 45.0 Å². The van der Waals surface area contributed by atoms with E-state index >= 15 is 0 Å². The molecule has 0 bridgehead atoms.